The van der Waals surface area contributed by atoms with Crippen molar-refractivity contribution < 1.29 is 23.5 Å². The predicted octanol–water partition coefficient (Wildman–Crippen LogP) is -0.0406. The maximum Gasteiger partial charge on any atom is 0.315 e. The summed E-state index contributed by atoms with van der Waals surface area (Å²) in [6, 6.07) is -1.55. The van der Waals surface area contributed by atoms with Crippen molar-refractivity contribution in [2.45, 2.75) is 0 Å². The third kappa shape index (κ3) is 10.9. The van der Waals surface area contributed by atoms with E-state index in [1.807, 2.05) is 0 Å². The van der Waals surface area contributed by atoms with Crippen LogP contribution in [0.2, 0.25) is 0 Å². The zero-order valence-corrected chi connectivity index (χ0v) is 16.1. The molecule has 6 amide bonds. The predicted molar refractivity (Wildman–Crippen MR) is 93.4 cm³/mol. The molecule has 0 aromatic rings. The van der Waals surface area contributed by atoms with E-state index in [9.17, 15) is 23.5 Å². The minimum absolute atomic E-state index is 0.0602. The van der Waals surface area contributed by atoms with Crippen LogP contribution in [0.5, 0.6) is 0 Å². The van der Waals surface area contributed by atoms with Gasteiger partial charge in [0.15, 0.2) is 0 Å². The SMILES string of the molecule is CNC(=O)NCP(C)(=O)CNC(=O)NCP(C)(=O)CNC(=O)NC. The van der Waals surface area contributed by atoms with Gasteiger partial charge in [-0.05, 0) is 13.3 Å². The highest BCUT2D eigenvalue weighted by Gasteiger charge is 2.20. The second-order valence-corrected chi connectivity index (χ2v) is 11.9. The fourth-order valence-electron chi connectivity index (χ4n) is 1.31. The van der Waals surface area contributed by atoms with Gasteiger partial charge in [0.05, 0.1) is 25.1 Å². The lowest BCUT2D eigenvalue weighted by molar-refractivity contribution is 0.243. The number of amides is 6. The van der Waals surface area contributed by atoms with Crippen LogP contribution >= 0.6 is 14.3 Å². The summed E-state index contributed by atoms with van der Waals surface area (Å²) in [5.74, 6) is 0. The van der Waals surface area contributed by atoms with Crippen molar-refractivity contribution in [2.24, 2.45) is 0 Å². The molecule has 0 aromatic carbocycles. The molecule has 11 nitrogen and oxygen atoms in total. The van der Waals surface area contributed by atoms with E-state index in [4.69, 9.17) is 0 Å². The Morgan fingerprint density at radius 1 is 0.625 bits per heavy atom. The lowest BCUT2D eigenvalue weighted by Crippen LogP contribution is -2.39. The molecule has 0 spiro atoms. The highest BCUT2D eigenvalue weighted by molar-refractivity contribution is 7.63. The van der Waals surface area contributed by atoms with E-state index in [0.717, 1.165) is 0 Å². The molecule has 6 N–H and O–H groups in total. The highest BCUT2D eigenvalue weighted by Crippen LogP contribution is 2.38. The molecular formula is C11H26N6O5P2. The molecule has 0 saturated carbocycles. The van der Waals surface area contributed by atoms with Crippen LogP contribution in [0.3, 0.4) is 0 Å². The Bertz CT molecular complexity index is 509. The van der Waals surface area contributed by atoms with Crippen LogP contribution in [-0.4, -0.2) is 70.7 Å². The third-order valence-electron chi connectivity index (χ3n) is 2.75. The van der Waals surface area contributed by atoms with Gasteiger partial charge in [0.25, 0.3) is 0 Å². The van der Waals surface area contributed by atoms with Gasteiger partial charge in [-0.1, -0.05) is 0 Å². The van der Waals surface area contributed by atoms with Gasteiger partial charge in [-0.25, -0.2) is 14.4 Å². The lowest BCUT2D eigenvalue weighted by atomic mass is 10.9. The minimum Gasteiger partial charge on any atom is -0.341 e. The van der Waals surface area contributed by atoms with E-state index in [2.05, 4.69) is 31.9 Å². The molecule has 140 valence electrons. The van der Waals surface area contributed by atoms with Crippen molar-refractivity contribution in [2.75, 3.05) is 52.6 Å². The minimum atomic E-state index is -2.79. The Morgan fingerprint density at radius 2 is 0.875 bits per heavy atom. The molecule has 0 bridgehead atoms. The van der Waals surface area contributed by atoms with Gasteiger partial charge in [0.1, 0.15) is 14.3 Å². The Kier molecular flexibility index (Phi) is 9.47. The fourth-order valence-corrected chi connectivity index (χ4v) is 3.44. The first-order valence-corrected chi connectivity index (χ1v) is 12.1. The molecule has 0 radical (unpaired) electrons. The van der Waals surface area contributed by atoms with Crippen molar-refractivity contribution in [3.63, 3.8) is 0 Å². The summed E-state index contributed by atoms with van der Waals surface area (Å²) >= 11 is 0. The van der Waals surface area contributed by atoms with Crippen LogP contribution < -0.4 is 31.9 Å². The van der Waals surface area contributed by atoms with E-state index >= 15 is 0 Å². The number of urea groups is 3. The number of rotatable bonds is 8. The van der Waals surface area contributed by atoms with Crippen molar-refractivity contribution >= 4 is 32.4 Å². The molecule has 13 heteroatoms. The first kappa shape index (κ1) is 22.3. The molecule has 0 fully saturated rings. The second kappa shape index (κ2) is 10.2. The van der Waals surface area contributed by atoms with Gasteiger partial charge in [0.2, 0.25) is 0 Å². The molecule has 24 heavy (non-hydrogen) atoms. The molecule has 0 saturated heterocycles. The highest BCUT2D eigenvalue weighted by atomic mass is 31.2. The summed E-state index contributed by atoms with van der Waals surface area (Å²) in [5, 5.41) is 14.3. The van der Waals surface area contributed by atoms with Crippen LogP contribution in [0, 0.1) is 0 Å². The Labute approximate surface area is 141 Å². The summed E-state index contributed by atoms with van der Waals surface area (Å²) in [5.41, 5.74) is 0. The number of nitrogens with one attached hydrogen (secondary N) is 6. The fraction of sp³-hybridized carbons (Fsp3) is 0.727. The quantitative estimate of drug-likeness (QED) is 0.324. The lowest BCUT2D eigenvalue weighted by Gasteiger charge is -2.17. The smallest absolute Gasteiger partial charge is 0.315 e. The third-order valence-corrected chi connectivity index (χ3v) is 6.06. The van der Waals surface area contributed by atoms with Crippen LogP contribution in [0.15, 0.2) is 0 Å². The maximum absolute atomic E-state index is 12.2. The van der Waals surface area contributed by atoms with Gasteiger partial charge < -0.3 is 41.0 Å². The average molecular weight is 384 g/mol. The van der Waals surface area contributed by atoms with Crippen LogP contribution in [0.1, 0.15) is 0 Å². The summed E-state index contributed by atoms with van der Waals surface area (Å²) in [7, 11) is -2.70. The molecule has 2 atom stereocenters. The Balaban J connectivity index is 4.16. The Hall–Kier alpha value is -1.73. The molecule has 2 unspecified atom stereocenters. The molecule has 0 heterocycles. The molecule has 0 aromatic heterocycles. The van der Waals surface area contributed by atoms with Gasteiger partial charge in [-0.3, -0.25) is 0 Å². The first-order valence-electron chi connectivity index (χ1n) is 7.05. The topological polar surface area (TPSA) is 158 Å². The number of carbonyl (C=O) groups is 3. The van der Waals surface area contributed by atoms with Crippen LogP contribution in [-0.2, 0) is 9.13 Å². The summed E-state index contributed by atoms with van der Waals surface area (Å²) in [4.78, 5) is 33.7. The molecule has 0 rings (SSSR count). The van der Waals surface area contributed by atoms with Gasteiger partial charge >= 0.3 is 18.1 Å². The van der Waals surface area contributed by atoms with E-state index in [1.165, 1.54) is 27.4 Å². The van der Waals surface area contributed by atoms with Gasteiger partial charge in [-0.15, -0.1) is 0 Å². The van der Waals surface area contributed by atoms with Crippen molar-refractivity contribution in [3.05, 3.63) is 0 Å². The van der Waals surface area contributed by atoms with E-state index in [0.29, 0.717) is 0 Å². The summed E-state index contributed by atoms with van der Waals surface area (Å²) < 4.78 is 24.3. The summed E-state index contributed by atoms with van der Waals surface area (Å²) in [6.07, 6.45) is -0.356. The van der Waals surface area contributed by atoms with Gasteiger partial charge in [0, 0.05) is 14.1 Å². The first-order chi connectivity index (χ1) is 11.0. The molecule has 0 aliphatic heterocycles. The zero-order chi connectivity index (χ0) is 18.8. The van der Waals surface area contributed by atoms with E-state index in [-0.39, 0.29) is 25.1 Å². The standard InChI is InChI=1S/C11H26N6O5P2/c1-12-9(18)14-5-23(3,21)7-16-11(20)17-8-24(4,22)6-15-10(19)13-2/h5-8H2,1-4H3,(H2,12,14,18)(H2,13,15,19)(H2,16,17,20). The number of hydrogen-bond donors (Lipinski definition) is 6. The molecular weight excluding hydrogens is 358 g/mol. The van der Waals surface area contributed by atoms with Crippen LogP contribution in [0.4, 0.5) is 14.4 Å². The van der Waals surface area contributed by atoms with Crippen LogP contribution in [0.25, 0.3) is 0 Å². The van der Waals surface area contributed by atoms with Crippen molar-refractivity contribution in [1.82, 2.24) is 31.9 Å². The monoisotopic (exact) mass is 384 g/mol. The van der Waals surface area contributed by atoms with Crippen molar-refractivity contribution in [3.8, 4) is 0 Å². The van der Waals surface area contributed by atoms with E-state index in [1.54, 1.807) is 0 Å². The molecule has 0 aliphatic rings. The molecule has 0 aliphatic carbocycles. The number of hydrogen-bond acceptors (Lipinski definition) is 5. The van der Waals surface area contributed by atoms with Gasteiger partial charge in [-0.2, -0.15) is 0 Å². The van der Waals surface area contributed by atoms with E-state index < -0.39 is 32.4 Å². The maximum atomic E-state index is 12.2. The second-order valence-electron chi connectivity index (χ2n) is 5.42. The summed E-state index contributed by atoms with van der Waals surface area (Å²) in [6.45, 7) is 2.89. The number of carbonyl (C=O) groups excluding carboxylic acids is 3. The normalized spacial score (nSPS) is 15.2. The zero-order valence-electron chi connectivity index (χ0n) is 14.3. The largest absolute Gasteiger partial charge is 0.341 e. The Morgan fingerprint density at radius 3 is 1.12 bits per heavy atom. The van der Waals surface area contributed by atoms with Crippen molar-refractivity contribution in [1.29, 1.82) is 0 Å². The average Bonchev–Trinajstić information content (AvgIpc) is 2.54.